The first-order valence-electron chi connectivity index (χ1n) is 15.6. The van der Waals surface area contributed by atoms with Crippen LogP contribution in [0.3, 0.4) is 0 Å². The Morgan fingerprint density at radius 2 is 1.61 bits per heavy atom. The standard InChI is InChI=1S/C37H34F3N5O4/c1-43-32-15-14-31(49-34-16-11-29(24-41-34)42-35(46)26-7-9-28(10-8-26)37(38,39)40)22-27(32)23-33(43)36(47)45-20-18-44(19-21-45)17-3-4-25-5-12-30(48-2)13-6-25/h3-16,22-24H,17-21H2,1-2H3,(H,42,46). The van der Waals surface area contributed by atoms with Gasteiger partial charge in [0.15, 0.2) is 0 Å². The van der Waals surface area contributed by atoms with Gasteiger partial charge in [0.2, 0.25) is 5.88 Å². The summed E-state index contributed by atoms with van der Waals surface area (Å²) in [5.74, 6) is 1.03. The lowest BCUT2D eigenvalue weighted by atomic mass is 10.1. The molecule has 0 aliphatic carbocycles. The number of pyridine rings is 1. The number of piperazine rings is 1. The number of aromatic nitrogens is 2. The molecule has 0 spiro atoms. The van der Waals surface area contributed by atoms with E-state index in [1.807, 2.05) is 59.0 Å². The van der Waals surface area contributed by atoms with Gasteiger partial charge in [0.25, 0.3) is 11.8 Å². The molecule has 1 fully saturated rings. The molecule has 1 N–H and O–H groups in total. The summed E-state index contributed by atoms with van der Waals surface area (Å²) in [7, 11) is 3.52. The topological polar surface area (TPSA) is 88.9 Å². The summed E-state index contributed by atoms with van der Waals surface area (Å²) < 4.78 is 51.5. The molecule has 49 heavy (non-hydrogen) atoms. The number of nitrogens with zero attached hydrogens (tertiary/aromatic N) is 4. The summed E-state index contributed by atoms with van der Waals surface area (Å²) in [5, 5.41) is 3.45. The van der Waals surface area contributed by atoms with Crippen LogP contribution in [0.2, 0.25) is 0 Å². The van der Waals surface area contributed by atoms with E-state index in [9.17, 15) is 22.8 Å². The molecule has 0 saturated carbocycles. The normalized spacial score (nSPS) is 13.9. The number of fused-ring (bicyclic) bond motifs is 1. The van der Waals surface area contributed by atoms with E-state index in [-0.39, 0.29) is 17.4 Å². The largest absolute Gasteiger partial charge is 0.497 e. The number of rotatable bonds is 9. The monoisotopic (exact) mass is 669 g/mol. The Balaban J connectivity index is 1.03. The van der Waals surface area contributed by atoms with Gasteiger partial charge in [0, 0.05) is 62.3 Å². The summed E-state index contributed by atoms with van der Waals surface area (Å²) in [4.78, 5) is 34.5. The maximum atomic E-state index is 13.5. The number of methoxy groups -OCH3 is 1. The van der Waals surface area contributed by atoms with Crippen LogP contribution < -0.4 is 14.8 Å². The smallest absolute Gasteiger partial charge is 0.416 e. The first kappa shape index (κ1) is 33.3. The van der Waals surface area contributed by atoms with Gasteiger partial charge in [-0.15, -0.1) is 0 Å². The van der Waals surface area contributed by atoms with E-state index in [0.717, 1.165) is 66.1 Å². The SMILES string of the molecule is COc1ccc(C=CCN2CCN(C(=O)c3cc4cc(Oc5ccc(NC(=O)c6ccc(C(F)(F)F)cc6)cn5)ccc4n3C)CC2)cc1. The molecule has 0 bridgehead atoms. The molecule has 0 atom stereocenters. The summed E-state index contributed by atoms with van der Waals surface area (Å²) in [5.41, 5.74) is 2.18. The maximum absolute atomic E-state index is 13.5. The first-order valence-corrected chi connectivity index (χ1v) is 15.6. The first-order chi connectivity index (χ1) is 23.6. The van der Waals surface area contributed by atoms with E-state index in [0.29, 0.717) is 30.2 Å². The molecule has 1 aliphatic rings. The van der Waals surface area contributed by atoms with E-state index in [1.54, 1.807) is 25.3 Å². The number of carbonyl (C=O) groups is 2. The minimum Gasteiger partial charge on any atom is -0.497 e. The lowest BCUT2D eigenvalue weighted by Crippen LogP contribution is -2.48. The van der Waals surface area contributed by atoms with Crippen molar-refractivity contribution in [2.75, 3.05) is 45.2 Å². The number of hydrogen-bond donors (Lipinski definition) is 1. The van der Waals surface area contributed by atoms with Gasteiger partial charge in [-0.05, 0) is 72.3 Å². The van der Waals surface area contributed by atoms with Crippen LogP contribution in [0.25, 0.3) is 17.0 Å². The van der Waals surface area contributed by atoms with Crippen molar-refractivity contribution >= 4 is 34.5 Å². The lowest BCUT2D eigenvalue weighted by Gasteiger charge is -2.34. The summed E-state index contributed by atoms with van der Waals surface area (Å²) in [6.07, 6.45) is 1.14. The molecule has 9 nitrogen and oxygen atoms in total. The van der Waals surface area contributed by atoms with Crippen molar-refractivity contribution in [3.63, 3.8) is 0 Å². The van der Waals surface area contributed by atoms with E-state index >= 15 is 0 Å². The van der Waals surface area contributed by atoms with Crippen molar-refractivity contribution in [1.29, 1.82) is 0 Å². The number of alkyl halides is 3. The molecule has 5 aromatic rings. The van der Waals surface area contributed by atoms with Gasteiger partial charge < -0.3 is 24.3 Å². The summed E-state index contributed by atoms with van der Waals surface area (Å²) in [6.45, 7) is 3.64. The fraction of sp³-hybridized carbons (Fsp3) is 0.216. The second-order valence-corrected chi connectivity index (χ2v) is 11.6. The minimum absolute atomic E-state index is 0.0230. The fourth-order valence-corrected chi connectivity index (χ4v) is 5.59. The average molecular weight is 670 g/mol. The zero-order valence-electron chi connectivity index (χ0n) is 26.9. The van der Waals surface area contributed by atoms with Crippen molar-refractivity contribution in [3.05, 3.63) is 120 Å². The highest BCUT2D eigenvalue weighted by molar-refractivity contribution is 6.04. The quantitative estimate of drug-likeness (QED) is 0.180. The Morgan fingerprint density at radius 1 is 0.898 bits per heavy atom. The molecule has 2 aromatic heterocycles. The highest BCUT2D eigenvalue weighted by atomic mass is 19.4. The van der Waals surface area contributed by atoms with E-state index < -0.39 is 17.6 Å². The van der Waals surface area contributed by atoms with Crippen molar-refractivity contribution < 1.29 is 32.2 Å². The zero-order chi connectivity index (χ0) is 34.5. The second-order valence-electron chi connectivity index (χ2n) is 11.6. The van der Waals surface area contributed by atoms with Crippen LogP contribution in [0.15, 0.2) is 97.2 Å². The molecule has 3 heterocycles. The van der Waals surface area contributed by atoms with Gasteiger partial charge in [-0.1, -0.05) is 24.3 Å². The molecule has 0 unspecified atom stereocenters. The molecule has 0 radical (unpaired) electrons. The van der Waals surface area contributed by atoms with Gasteiger partial charge in [-0.2, -0.15) is 13.2 Å². The van der Waals surface area contributed by atoms with Gasteiger partial charge in [-0.3, -0.25) is 14.5 Å². The van der Waals surface area contributed by atoms with Crippen LogP contribution in [0.4, 0.5) is 18.9 Å². The number of benzene rings is 3. The Morgan fingerprint density at radius 3 is 2.27 bits per heavy atom. The van der Waals surface area contributed by atoms with E-state index in [4.69, 9.17) is 9.47 Å². The van der Waals surface area contributed by atoms with Crippen LogP contribution in [0.5, 0.6) is 17.4 Å². The zero-order valence-corrected chi connectivity index (χ0v) is 26.9. The third kappa shape index (κ3) is 7.92. The summed E-state index contributed by atoms with van der Waals surface area (Å²) in [6, 6.07) is 22.4. The molecular weight excluding hydrogens is 635 g/mol. The number of ether oxygens (including phenoxy) is 2. The number of anilines is 1. The highest BCUT2D eigenvalue weighted by Gasteiger charge is 2.30. The number of amides is 2. The minimum atomic E-state index is -4.48. The molecule has 1 aliphatic heterocycles. The fourth-order valence-electron chi connectivity index (χ4n) is 5.59. The molecule has 12 heteroatoms. The van der Waals surface area contributed by atoms with Crippen LogP contribution in [-0.2, 0) is 13.2 Å². The lowest BCUT2D eigenvalue weighted by molar-refractivity contribution is -0.137. The molecular formula is C37H34F3N5O4. The number of aryl methyl sites for hydroxylation is 1. The number of nitrogens with one attached hydrogen (secondary N) is 1. The van der Waals surface area contributed by atoms with Gasteiger partial charge in [0.1, 0.15) is 17.2 Å². The second kappa shape index (κ2) is 14.2. The van der Waals surface area contributed by atoms with Crippen molar-refractivity contribution in [2.45, 2.75) is 6.18 Å². The van der Waals surface area contributed by atoms with Gasteiger partial charge in [-0.25, -0.2) is 4.98 Å². The number of carbonyl (C=O) groups excluding carboxylic acids is 2. The van der Waals surface area contributed by atoms with Crippen LogP contribution in [0, 0.1) is 0 Å². The average Bonchev–Trinajstić information content (AvgIpc) is 3.44. The third-order valence-electron chi connectivity index (χ3n) is 8.37. The number of halogens is 3. The molecule has 6 rings (SSSR count). The molecule has 2 amide bonds. The Hall–Kier alpha value is -5.62. The Labute approximate surface area is 281 Å². The van der Waals surface area contributed by atoms with Crippen molar-refractivity contribution in [1.82, 2.24) is 19.4 Å². The molecule has 1 saturated heterocycles. The van der Waals surface area contributed by atoms with E-state index in [2.05, 4.69) is 27.4 Å². The summed E-state index contributed by atoms with van der Waals surface area (Å²) >= 11 is 0. The van der Waals surface area contributed by atoms with Gasteiger partial charge in [0.05, 0.1) is 24.6 Å². The molecule has 252 valence electrons. The van der Waals surface area contributed by atoms with Crippen molar-refractivity contribution in [2.24, 2.45) is 7.05 Å². The predicted molar refractivity (Wildman–Crippen MR) is 181 cm³/mol. The highest BCUT2D eigenvalue weighted by Crippen LogP contribution is 2.30. The van der Waals surface area contributed by atoms with Crippen molar-refractivity contribution in [3.8, 4) is 17.4 Å². The maximum Gasteiger partial charge on any atom is 0.416 e. The Bertz CT molecular complexity index is 1960. The van der Waals surface area contributed by atoms with Crippen LogP contribution in [0.1, 0.15) is 32.0 Å². The van der Waals surface area contributed by atoms with Crippen LogP contribution in [-0.4, -0.2) is 71.0 Å². The third-order valence-corrected chi connectivity index (χ3v) is 8.37. The molecule has 3 aromatic carbocycles. The number of hydrogen-bond acceptors (Lipinski definition) is 6. The predicted octanol–water partition coefficient (Wildman–Crippen LogP) is 7.12. The van der Waals surface area contributed by atoms with Gasteiger partial charge >= 0.3 is 6.18 Å². The van der Waals surface area contributed by atoms with E-state index in [1.165, 1.54) is 6.20 Å². The van der Waals surface area contributed by atoms with Crippen LogP contribution >= 0.6 is 0 Å². The Kier molecular flexibility index (Phi) is 9.68.